The van der Waals surface area contributed by atoms with Gasteiger partial charge in [-0.15, -0.1) is 11.6 Å². The summed E-state index contributed by atoms with van der Waals surface area (Å²) in [5.74, 6) is 0.519. The Bertz CT molecular complexity index is 723. The Morgan fingerprint density at radius 1 is 1.29 bits per heavy atom. The van der Waals surface area contributed by atoms with Crippen LogP contribution in [0.4, 0.5) is 5.69 Å². The van der Waals surface area contributed by atoms with Crippen molar-refractivity contribution in [1.82, 2.24) is 0 Å². The van der Waals surface area contributed by atoms with Crippen LogP contribution in [0.5, 0.6) is 5.75 Å². The lowest BCUT2D eigenvalue weighted by atomic mass is 10.0. The van der Waals surface area contributed by atoms with Crippen molar-refractivity contribution in [3.63, 3.8) is 0 Å². The van der Waals surface area contributed by atoms with E-state index < -0.39 is 0 Å². The van der Waals surface area contributed by atoms with E-state index >= 15 is 0 Å². The van der Waals surface area contributed by atoms with E-state index in [1.165, 1.54) is 0 Å². The second kappa shape index (κ2) is 6.14. The predicted octanol–water partition coefficient (Wildman–Crippen LogP) is 4.71. The van der Waals surface area contributed by atoms with E-state index in [0.717, 1.165) is 19.2 Å². The minimum absolute atomic E-state index is 0.0546. The molecule has 0 aliphatic carbocycles. The summed E-state index contributed by atoms with van der Waals surface area (Å²) in [6.07, 6.45) is 0. The number of carbonyl (C=O) groups excluding carboxylic acids is 1. The summed E-state index contributed by atoms with van der Waals surface area (Å²) in [6.45, 7) is 0.0546. The molecule has 1 unspecified atom stereocenters. The zero-order valence-corrected chi connectivity index (χ0v) is 15.2. The largest absolute Gasteiger partial charge is 0.482 e. The molecule has 1 amide bonds. The molecule has 3 nitrogen and oxygen atoms in total. The van der Waals surface area contributed by atoms with Crippen molar-refractivity contribution in [2.24, 2.45) is 0 Å². The van der Waals surface area contributed by atoms with Gasteiger partial charge < -0.3 is 10.1 Å². The number of alkyl halides is 1. The Morgan fingerprint density at radius 3 is 2.90 bits per heavy atom. The topological polar surface area (TPSA) is 38.3 Å². The molecule has 2 aromatic carbocycles. The number of ether oxygens (including phenoxy) is 1. The van der Waals surface area contributed by atoms with Crippen LogP contribution in [0.2, 0.25) is 0 Å². The lowest BCUT2D eigenvalue weighted by molar-refractivity contribution is -0.118. The summed E-state index contributed by atoms with van der Waals surface area (Å²) >= 11 is 12.4. The zero-order valence-electron chi connectivity index (χ0n) is 10.7. The molecule has 1 aliphatic rings. The molecule has 1 atom stereocenters. The van der Waals surface area contributed by atoms with Gasteiger partial charge in [0.25, 0.3) is 5.91 Å². The molecule has 1 heterocycles. The SMILES string of the molecule is O=C1COc2ccc(C(Cl)c3cc(I)ccc3Br)cc2N1. The number of hydrogen-bond donors (Lipinski definition) is 1. The normalized spacial score (nSPS) is 14.9. The van der Waals surface area contributed by atoms with Crippen LogP contribution in [0.15, 0.2) is 40.9 Å². The first kappa shape index (κ1) is 15.1. The number of carbonyl (C=O) groups is 1. The lowest BCUT2D eigenvalue weighted by Gasteiger charge is -2.20. The standard InChI is InChI=1S/C15H10BrClINO2/c16-11-3-2-9(18)6-10(11)15(17)8-1-4-13-12(5-8)19-14(20)7-21-13/h1-6,15H,7H2,(H,19,20). The first-order valence-corrected chi connectivity index (χ1v) is 8.51. The van der Waals surface area contributed by atoms with Crippen molar-refractivity contribution in [2.75, 3.05) is 11.9 Å². The van der Waals surface area contributed by atoms with Crippen LogP contribution in [0.3, 0.4) is 0 Å². The summed E-state index contributed by atoms with van der Waals surface area (Å²) in [7, 11) is 0. The molecule has 1 aliphatic heterocycles. The van der Waals surface area contributed by atoms with Gasteiger partial charge in [-0.1, -0.05) is 22.0 Å². The fourth-order valence-corrected chi connectivity index (χ4v) is 3.59. The van der Waals surface area contributed by atoms with E-state index in [0.29, 0.717) is 11.4 Å². The maximum absolute atomic E-state index is 11.4. The first-order chi connectivity index (χ1) is 10.0. The number of fused-ring (bicyclic) bond motifs is 1. The highest BCUT2D eigenvalue weighted by molar-refractivity contribution is 14.1. The highest BCUT2D eigenvalue weighted by Crippen LogP contribution is 2.38. The third-order valence-electron chi connectivity index (χ3n) is 3.16. The summed E-state index contributed by atoms with van der Waals surface area (Å²) < 4.78 is 7.43. The van der Waals surface area contributed by atoms with Crippen LogP contribution in [-0.4, -0.2) is 12.5 Å². The van der Waals surface area contributed by atoms with Crippen molar-refractivity contribution < 1.29 is 9.53 Å². The average Bonchev–Trinajstić information content (AvgIpc) is 2.48. The number of hydrogen-bond acceptors (Lipinski definition) is 2. The molecule has 21 heavy (non-hydrogen) atoms. The zero-order chi connectivity index (χ0) is 15.0. The third kappa shape index (κ3) is 3.19. The number of halogens is 3. The number of rotatable bonds is 2. The van der Waals surface area contributed by atoms with Crippen molar-refractivity contribution in [1.29, 1.82) is 0 Å². The van der Waals surface area contributed by atoms with Gasteiger partial charge >= 0.3 is 0 Å². The first-order valence-electron chi connectivity index (χ1n) is 6.20. The summed E-state index contributed by atoms with van der Waals surface area (Å²) in [6, 6.07) is 11.6. The number of anilines is 1. The Hall–Kier alpha value is -0.790. The Kier molecular flexibility index (Phi) is 4.42. The van der Waals surface area contributed by atoms with Gasteiger partial charge in [0.2, 0.25) is 0 Å². The van der Waals surface area contributed by atoms with Gasteiger partial charge in [-0.05, 0) is 64.0 Å². The summed E-state index contributed by atoms with van der Waals surface area (Å²) in [4.78, 5) is 11.4. The molecule has 3 rings (SSSR count). The molecular weight excluding hydrogens is 468 g/mol. The molecular formula is C15H10BrClINO2. The average molecular weight is 479 g/mol. The third-order valence-corrected chi connectivity index (χ3v) is 5.04. The van der Waals surface area contributed by atoms with Crippen molar-refractivity contribution in [2.45, 2.75) is 5.38 Å². The molecule has 108 valence electrons. The van der Waals surface area contributed by atoms with Crippen LogP contribution >= 0.6 is 50.1 Å². The van der Waals surface area contributed by atoms with Gasteiger partial charge in [-0.25, -0.2) is 0 Å². The van der Waals surface area contributed by atoms with E-state index in [-0.39, 0.29) is 17.9 Å². The fourth-order valence-electron chi connectivity index (χ4n) is 2.15. The quantitative estimate of drug-likeness (QED) is 0.502. The molecule has 6 heteroatoms. The van der Waals surface area contributed by atoms with Gasteiger partial charge in [-0.3, -0.25) is 4.79 Å². The maximum Gasteiger partial charge on any atom is 0.262 e. The molecule has 1 N–H and O–H groups in total. The monoisotopic (exact) mass is 477 g/mol. The van der Waals surface area contributed by atoms with E-state index in [2.05, 4.69) is 43.8 Å². The fraction of sp³-hybridized carbons (Fsp3) is 0.133. The summed E-state index contributed by atoms with van der Waals surface area (Å²) in [5, 5.41) is 2.49. The molecule has 0 aromatic heterocycles. The molecule has 2 aromatic rings. The van der Waals surface area contributed by atoms with Crippen molar-refractivity contribution >= 4 is 61.7 Å². The Morgan fingerprint density at radius 2 is 2.10 bits per heavy atom. The van der Waals surface area contributed by atoms with Crippen LogP contribution in [0.1, 0.15) is 16.5 Å². The van der Waals surface area contributed by atoms with Crippen LogP contribution < -0.4 is 10.1 Å². The molecule has 0 saturated carbocycles. The van der Waals surface area contributed by atoms with E-state index in [9.17, 15) is 4.79 Å². The van der Waals surface area contributed by atoms with E-state index in [1.807, 2.05) is 36.4 Å². The maximum atomic E-state index is 11.4. The van der Waals surface area contributed by atoms with Gasteiger partial charge in [0.1, 0.15) is 5.75 Å². The second-order valence-electron chi connectivity index (χ2n) is 4.62. The second-order valence-corrected chi connectivity index (χ2v) is 7.16. The van der Waals surface area contributed by atoms with Gasteiger partial charge in [0, 0.05) is 8.04 Å². The lowest BCUT2D eigenvalue weighted by Crippen LogP contribution is -2.25. The molecule has 0 bridgehead atoms. The molecule has 0 radical (unpaired) electrons. The van der Waals surface area contributed by atoms with Crippen LogP contribution in [-0.2, 0) is 4.79 Å². The van der Waals surface area contributed by atoms with Crippen LogP contribution in [0.25, 0.3) is 0 Å². The van der Waals surface area contributed by atoms with Crippen LogP contribution in [0, 0.1) is 3.57 Å². The highest BCUT2D eigenvalue weighted by atomic mass is 127. The smallest absolute Gasteiger partial charge is 0.262 e. The van der Waals surface area contributed by atoms with Crippen molar-refractivity contribution in [3.05, 3.63) is 55.6 Å². The minimum atomic E-state index is -0.307. The van der Waals surface area contributed by atoms with Gasteiger partial charge in [0.05, 0.1) is 11.1 Å². The molecule has 0 fully saturated rings. The minimum Gasteiger partial charge on any atom is -0.482 e. The van der Waals surface area contributed by atoms with E-state index in [1.54, 1.807) is 0 Å². The number of benzene rings is 2. The Labute approximate surface area is 149 Å². The van der Waals surface area contributed by atoms with Gasteiger partial charge in [-0.2, -0.15) is 0 Å². The highest BCUT2D eigenvalue weighted by Gasteiger charge is 2.20. The molecule has 0 saturated heterocycles. The predicted molar refractivity (Wildman–Crippen MR) is 95.1 cm³/mol. The summed E-state index contributed by atoms with van der Waals surface area (Å²) in [5.41, 5.74) is 2.56. The number of amides is 1. The number of nitrogens with one attached hydrogen (secondary N) is 1. The Balaban J connectivity index is 1.98. The molecule has 0 spiro atoms. The van der Waals surface area contributed by atoms with E-state index in [4.69, 9.17) is 16.3 Å². The van der Waals surface area contributed by atoms with Crippen molar-refractivity contribution in [3.8, 4) is 5.75 Å². The van der Waals surface area contributed by atoms with Gasteiger partial charge in [0.15, 0.2) is 6.61 Å².